The Hall–Kier alpha value is -1.36. The molecule has 0 aliphatic carbocycles. The van der Waals surface area contributed by atoms with E-state index in [2.05, 4.69) is 15.3 Å². The molecule has 1 rings (SSSR count). The molecule has 0 bridgehead atoms. The molecule has 0 spiro atoms. The average Bonchev–Trinajstić information content (AvgIpc) is 2.24. The highest BCUT2D eigenvalue weighted by atomic mass is 16.5. The minimum Gasteiger partial charge on any atom is -0.478 e. The van der Waals surface area contributed by atoms with Gasteiger partial charge in [0.1, 0.15) is 0 Å². The molecule has 5 heteroatoms. The molecule has 1 aromatic rings. The third-order valence-corrected chi connectivity index (χ3v) is 1.96. The first-order valence-corrected chi connectivity index (χ1v) is 5.95. The number of ether oxygens (including phenoxy) is 2. The fourth-order valence-corrected chi connectivity index (χ4v) is 1.30. The topological polar surface area (TPSA) is 56.3 Å². The van der Waals surface area contributed by atoms with Gasteiger partial charge in [-0.25, -0.2) is 4.98 Å². The Morgan fingerprint density at radius 1 is 1.35 bits per heavy atom. The molecular formula is C12H21N3O2. The Morgan fingerprint density at radius 2 is 2.12 bits per heavy atom. The summed E-state index contributed by atoms with van der Waals surface area (Å²) in [5.74, 6) is 1.19. The van der Waals surface area contributed by atoms with Gasteiger partial charge in [-0.1, -0.05) is 0 Å². The molecule has 0 radical (unpaired) electrons. The Labute approximate surface area is 103 Å². The van der Waals surface area contributed by atoms with Crippen molar-refractivity contribution < 1.29 is 9.47 Å². The van der Waals surface area contributed by atoms with Crippen LogP contribution in [0.2, 0.25) is 0 Å². The normalized spacial score (nSPS) is 10.6. The van der Waals surface area contributed by atoms with Crippen molar-refractivity contribution in [1.29, 1.82) is 0 Å². The number of nitrogens with zero attached hydrogens (tertiary/aromatic N) is 2. The van der Waals surface area contributed by atoms with E-state index >= 15 is 0 Å². The number of hydrogen-bond donors (Lipinski definition) is 1. The van der Waals surface area contributed by atoms with Gasteiger partial charge >= 0.3 is 0 Å². The maximum absolute atomic E-state index is 5.42. The zero-order valence-electron chi connectivity index (χ0n) is 11.0. The fourth-order valence-electron chi connectivity index (χ4n) is 1.30. The molecule has 1 heterocycles. The molecule has 0 aliphatic heterocycles. The molecule has 17 heavy (non-hydrogen) atoms. The third-order valence-electron chi connectivity index (χ3n) is 1.96. The molecule has 5 nitrogen and oxygen atoms in total. The van der Waals surface area contributed by atoms with Crippen LogP contribution in [0.3, 0.4) is 0 Å². The summed E-state index contributed by atoms with van der Waals surface area (Å²) < 4.78 is 10.8. The first kappa shape index (κ1) is 13.7. The molecule has 0 amide bonds. The van der Waals surface area contributed by atoms with E-state index in [1.165, 1.54) is 0 Å². The van der Waals surface area contributed by atoms with Gasteiger partial charge in [-0.05, 0) is 27.7 Å². The third kappa shape index (κ3) is 5.49. The van der Waals surface area contributed by atoms with Crippen molar-refractivity contribution in [1.82, 2.24) is 9.97 Å². The van der Waals surface area contributed by atoms with E-state index in [-0.39, 0.29) is 6.10 Å². The SMILES string of the molecule is CCOc1cc(C)nc(NCCOC(C)C)n1. The summed E-state index contributed by atoms with van der Waals surface area (Å²) in [5.41, 5.74) is 0.885. The molecular weight excluding hydrogens is 218 g/mol. The second-order valence-electron chi connectivity index (χ2n) is 3.95. The van der Waals surface area contributed by atoms with Crippen LogP contribution in [0, 0.1) is 6.92 Å². The molecule has 0 saturated heterocycles. The largest absolute Gasteiger partial charge is 0.478 e. The highest BCUT2D eigenvalue weighted by molar-refractivity contribution is 5.30. The summed E-state index contributed by atoms with van der Waals surface area (Å²) in [5, 5.41) is 3.11. The number of nitrogens with one attached hydrogen (secondary N) is 1. The van der Waals surface area contributed by atoms with Crippen LogP contribution in [-0.2, 0) is 4.74 Å². The van der Waals surface area contributed by atoms with Gasteiger partial charge in [-0.15, -0.1) is 0 Å². The average molecular weight is 239 g/mol. The van der Waals surface area contributed by atoms with Gasteiger partial charge in [0.05, 0.1) is 19.3 Å². The molecule has 0 aliphatic rings. The van der Waals surface area contributed by atoms with Crippen molar-refractivity contribution in [3.05, 3.63) is 11.8 Å². The molecule has 96 valence electrons. The highest BCUT2D eigenvalue weighted by Gasteiger charge is 2.02. The van der Waals surface area contributed by atoms with Crippen LogP contribution in [-0.4, -0.2) is 35.8 Å². The van der Waals surface area contributed by atoms with E-state index in [1.54, 1.807) is 0 Å². The quantitative estimate of drug-likeness (QED) is 0.738. The summed E-state index contributed by atoms with van der Waals surface area (Å²) >= 11 is 0. The van der Waals surface area contributed by atoms with Gasteiger partial charge in [0.15, 0.2) is 0 Å². The van der Waals surface area contributed by atoms with Gasteiger partial charge in [0.25, 0.3) is 0 Å². The lowest BCUT2D eigenvalue weighted by atomic mass is 10.4. The summed E-state index contributed by atoms with van der Waals surface area (Å²) in [6.45, 7) is 9.80. The first-order valence-electron chi connectivity index (χ1n) is 5.95. The maximum Gasteiger partial charge on any atom is 0.226 e. The van der Waals surface area contributed by atoms with E-state index in [0.29, 0.717) is 31.6 Å². The van der Waals surface area contributed by atoms with E-state index in [1.807, 2.05) is 33.8 Å². The van der Waals surface area contributed by atoms with E-state index < -0.39 is 0 Å². The summed E-state index contributed by atoms with van der Waals surface area (Å²) in [6, 6.07) is 1.82. The summed E-state index contributed by atoms with van der Waals surface area (Å²) in [6.07, 6.45) is 0.245. The van der Waals surface area contributed by atoms with Crippen LogP contribution < -0.4 is 10.1 Å². The minimum atomic E-state index is 0.245. The highest BCUT2D eigenvalue weighted by Crippen LogP contribution is 2.11. The van der Waals surface area contributed by atoms with Gasteiger partial charge in [0, 0.05) is 18.3 Å². The monoisotopic (exact) mass is 239 g/mol. The van der Waals surface area contributed by atoms with E-state index in [4.69, 9.17) is 9.47 Å². The predicted octanol–water partition coefficient (Wildman–Crippen LogP) is 2.02. The van der Waals surface area contributed by atoms with Crippen LogP contribution in [0.25, 0.3) is 0 Å². The molecule has 0 saturated carbocycles. The Balaban J connectivity index is 2.46. The molecule has 1 N–H and O–H groups in total. The van der Waals surface area contributed by atoms with E-state index in [0.717, 1.165) is 5.69 Å². The second-order valence-corrected chi connectivity index (χ2v) is 3.95. The summed E-state index contributed by atoms with van der Waals surface area (Å²) in [7, 11) is 0. The second kappa shape index (κ2) is 7.06. The van der Waals surface area contributed by atoms with Crippen molar-refractivity contribution in [2.45, 2.75) is 33.8 Å². The minimum absolute atomic E-state index is 0.245. The van der Waals surface area contributed by atoms with Crippen LogP contribution in [0.5, 0.6) is 5.88 Å². The Bertz CT molecular complexity index is 343. The van der Waals surface area contributed by atoms with Gasteiger partial charge in [-0.2, -0.15) is 4.98 Å². The van der Waals surface area contributed by atoms with Crippen molar-refractivity contribution in [3.8, 4) is 5.88 Å². The zero-order valence-corrected chi connectivity index (χ0v) is 11.0. The number of aromatic nitrogens is 2. The van der Waals surface area contributed by atoms with Crippen molar-refractivity contribution >= 4 is 5.95 Å². The maximum atomic E-state index is 5.42. The summed E-state index contributed by atoms with van der Waals surface area (Å²) in [4.78, 5) is 8.51. The standard InChI is InChI=1S/C12H21N3O2/c1-5-16-11-8-10(4)14-12(15-11)13-6-7-17-9(2)3/h8-9H,5-7H2,1-4H3,(H,13,14,15). The number of rotatable bonds is 7. The van der Waals surface area contributed by atoms with Crippen LogP contribution in [0.1, 0.15) is 26.5 Å². The Morgan fingerprint density at radius 3 is 2.76 bits per heavy atom. The van der Waals surface area contributed by atoms with Crippen LogP contribution >= 0.6 is 0 Å². The first-order chi connectivity index (χ1) is 8.11. The molecule has 0 unspecified atom stereocenters. The predicted molar refractivity (Wildman–Crippen MR) is 67.5 cm³/mol. The van der Waals surface area contributed by atoms with E-state index in [9.17, 15) is 0 Å². The van der Waals surface area contributed by atoms with Crippen LogP contribution in [0.4, 0.5) is 5.95 Å². The van der Waals surface area contributed by atoms with Crippen molar-refractivity contribution in [2.24, 2.45) is 0 Å². The molecule has 0 fully saturated rings. The molecule has 1 aromatic heterocycles. The smallest absolute Gasteiger partial charge is 0.226 e. The Kier molecular flexibility index (Phi) is 5.69. The molecule has 0 atom stereocenters. The number of aryl methyl sites for hydroxylation is 1. The van der Waals surface area contributed by atoms with Crippen molar-refractivity contribution in [3.63, 3.8) is 0 Å². The van der Waals surface area contributed by atoms with Crippen LogP contribution in [0.15, 0.2) is 6.07 Å². The lowest BCUT2D eigenvalue weighted by Gasteiger charge is -2.10. The zero-order chi connectivity index (χ0) is 12.7. The van der Waals surface area contributed by atoms with Gasteiger partial charge < -0.3 is 14.8 Å². The number of anilines is 1. The fraction of sp³-hybridized carbons (Fsp3) is 0.667. The van der Waals surface area contributed by atoms with Gasteiger partial charge in [0.2, 0.25) is 11.8 Å². The van der Waals surface area contributed by atoms with Gasteiger partial charge in [-0.3, -0.25) is 0 Å². The number of hydrogen-bond acceptors (Lipinski definition) is 5. The van der Waals surface area contributed by atoms with Crippen molar-refractivity contribution in [2.75, 3.05) is 25.1 Å². The molecule has 0 aromatic carbocycles. The lowest BCUT2D eigenvalue weighted by molar-refractivity contribution is 0.0869. The lowest BCUT2D eigenvalue weighted by Crippen LogP contribution is -2.15.